The van der Waals surface area contributed by atoms with Crippen molar-refractivity contribution in [2.24, 2.45) is 29.1 Å². The molecule has 0 radical (unpaired) electrons. The van der Waals surface area contributed by atoms with Crippen molar-refractivity contribution in [2.45, 2.75) is 58.0 Å². The predicted octanol–water partition coefficient (Wildman–Crippen LogP) is 3.15. The Morgan fingerprint density at radius 1 is 1.24 bits per heavy atom. The first-order valence-corrected chi connectivity index (χ1v) is 7.30. The van der Waals surface area contributed by atoms with E-state index in [-0.39, 0.29) is 11.6 Å². The molecule has 3 bridgehead atoms. The maximum atomic E-state index is 11.7. The van der Waals surface area contributed by atoms with Crippen LogP contribution in [0.25, 0.3) is 0 Å². The van der Waals surface area contributed by atoms with Crippen molar-refractivity contribution < 1.29 is 9.53 Å². The Morgan fingerprint density at radius 3 is 2.76 bits per heavy atom. The maximum absolute atomic E-state index is 11.7. The molecule has 4 aliphatic rings. The summed E-state index contributed by atoms with van der Waals surface area (Å²) in [6.07, 6.45) is 7.45. The molecule has 94 valence electrons. The van der Waals surface area contributed by atoms with Crippen LogP contribution in [-0.2, 0) is 9.53 Å². The Balaban J connectivity index is 1.69. The van der Waals surface area contributed by atoms with Crippen molar-refractivity contribution in [3.63, 3.8) is 0 Å². The lowest BCUT2D eigenvalue weighted by Gasteiger charge is -2.52. The van der Waals surface area contributed by atoms with Gasteiger partial charge in [-0.25, -0.2) is 0 Å². The monoisotopic (exact) mass is 234 g/mol. The lowest BCUT2D eigenvalue weighted by Crippen LogP contribution is -2.52. The van der Waals surface area contributed by atoms with Crippen LogP contribution in [0.15, 0.2) is 0 Å². The predicted molar refractivity (Wildman–Crippen MR) is 64.3 cm³/mol. The molecule has 4 rings (SSSR count). The van der Waals surface area contributed by atoms with Crippen molar-refractivity contribution in [2.75, 3.05) is 0 Å². The number of ether oxygens (including phenoxy) is 1. The van der Waals surface area contributed by atoms with Gasteiger partial charge < -0.3 is 4.74 Å². The normalized spacial score (nSPS) is 57.8. The standard InChI is InChI=1S/C15H22O2/c1-3-13(16)17-14(2)11-5-9-4-10-6-12(14)15(10,7-9)8-11/h9-12H,3-8H2,1-2H3. The van der Waals surface area contributed by atoms with E-state index >= 15 is 0 Å². The third-order valence-electron chi connectivity index (χ3n) is 6.68. The molecule has 0 heterocycles. The van der Waals surface area contributed by atoms with E-state index < -0.39 is 0 Å². The molecule has 1 spiro atoms. The molecule has 6 atom stereocenters. The second-order valence-electron chi connectivity index (χ2n) is 7.17. The number of hydrogen-bond acceptors (Lipinski definition) is 2. The van der Waals surface area contributed by atoms with E-state index in [0.717, 1.165) is 11.8 Å². The zero-order valence-corrected chi connectivity index (χ0v) is 10.9. The van der Waals surface area contributed by atoms with Crippen molar-refractivity contribution >= 4 is 5.97 Å². The fourth-order valence-electron chi connectivity index (χ4n) is 6.06. The van der Waals surface area contributed by atoms with Gasteiger partial charge in [-0.1, -0.05) is 6.92 Å². The molecule has 0 aliphatic heterocycles. The average Bonchev–Trinajstić information content (AvgIpc) is 2.56. The number of rotatable bonds is 2. The number of carbonyl (C=O) groups excluding carboxylic acids is 1. The molecule has 0 amide bonds. The van der Waals surface area contributed by atoms with Gasteiger partial charge in [0.25, 0.3) is 0 Å². The molecule has 2 heteroatoms. The highest BCUT2D eigenvalue weighted by Gasteiger charge is 2.75. The third kappa shape index (κ3) is 1.02. The number of fused-ring (bicyclic) bond motifs is 2. The summed E-state index contributed by atoms with van der Waals surface area (Å²) in [5.41, 5.74) is 0.495. The smallest absolute Gasteiger partial charge is 0.306 e. The molecule has 17 heavy (non-hydrogen) atoms. The molecule has 0 N–H and O–H groups in total. The minimum atomic E-state index is -0.112. The van der Waals surface area contributed by atoms with Gasteiger partial charge in [0.1, 0.15) is 5.60 Å². The van der Waals surface area contributed by atoms with Crippen LogP contribution in [-0.4, -0.2) is 11.6 Å². The van der Waals surface area contributed by atoms with Gasteiger partial charge in [-0.3, -0.25) is 4.79 Å². The minimum absolute atomic E-state index is 0.00998. The average molecular weight is 234 g/mol. The summed E-state index contributed by atoms with van der Waals surface area (Å²) >= 11 is 0. The van der Waals surface area contributed by atoms with Gasteiger partial charge in [-0.2, -0.15) is 0 Å². The summed E-state index contributed by atoms with van der Waals surface area (Å²) in [5.74, 6) is 3.29. The molecular weight excluding hydrogens is 212 g/mol. The van der Waals surface area contributed by atoms with Gasteiger partial charge >= 0.3 is 5.97 Å². The number of carbonyl (C=O) groups is 1. The van der Waals surface area contributed by atoms with E-state index in [2.05, 4.69) is 6.92 Å². The first-order chi connectivity index (χ1) is 8.08. The Labute approximate surface area is 103 Å². The van der Waals surface area contributed by atoms with E-state index in [1.165, 1.54) is 32.1 Å². The van der Waals surface area contributed by atoms with Gasteiger partial charge in [0, 0.05) is 12.3 Å². The summed E-state index contributed by atoms with van der Waals surface area (Å²) in [7, 11) is 0. The van der Waals surface area contributed by atoms with Crippen LogP contribution in [0.5, 0.6) is 0 Å². The summed E-state index contributed by atoms with van der Waals surface area (Å²) in [6.45, 7) is 4.14. The zero-order valence-electron chi connectivity index (χ0n) is 10.9. The molecular formula is C15H22O2. The molecule has 0 aromatic rings. The van der Waals surface area contributed by atoms with E-state index in [1.807, 2.05) is 6.92 Å². The molecule has 4 aliphatic carbocycles. The fraction of sp³-hybridized carbons (Fsp3) is 0.933. The van der Waals surface area contributed by atoms with Crippen LogP contribution in [0.4, 0.5) is 0 Å². The zero-order chi connectivity index (χ0) is 11.8. The van der Waals surface area contributed by atoms with E-state index in [4.69, 9.17) is 4.74 Å². The Kier molecular flexibility index (Phi) is 1.77. The summed E-state index contributed by atoms with van der Waals surface area (Å²) in [6, 6.07) is 0. The largest absolute Gasteiger partial charge is 0.459 e. The Bertz CT molecular complexity index is 390. The van der Waals surface area contributed by atoms with E-state index in [9.17, 15) is 4.79 Å². The van der Waals surface area contributed by atoms with E-state index in [0.29, 0.717) is 23.7 Å². The number of esters is 1. The van der Waals surface area contributed by atoms with E-state index in [1.54, 1.807) is 0 Å². The lowest BCUT2D eigenvalue weighted by atomic mass is 9.54. The SMILES string of the molecule is CCC(=O)OC1(C)C2CC3CC4CC1C4(C3)C2. The van der Waals surface area contributed by atoms with Crippen LogP contribution < -0.4 is 0 Å². The summed E-state index contributed by atoms with van der Waals surface area (Å²) in [4.78, 5) is 11.7. The topological polar surface area (TPSA) is 26.3 Å². The quantitative estimate of drug-likeness (QED) is 0.686. The molecule has 4 fully saturated rings. The molecule has 0 aromatic heterocycles. The van der Waals surface area contributed by atoms with Gasteiger partial charge in [-0.05, 0) is 62.2 Å². The first kappa shape index (κ1) is 10.4. The van der Waals surface area contributed by atoms with Gasteiger partial charge in [0.15, 0.2) is 0 Å². The van der Waals surface area contributed by atoms with Crippen LogP contribution in [0.3, 0.4) is 0 Å². The van der Waals surface area contributed by atoms with Crippen LogP contribution in [0, 0.1) is 29.1 Å². The Morgan fingerprint density at radius 2 is 2.00 bits per heavy atom. The molecule has 0 saturated heterocycles. The highest BCUT2D eigenvalue weighted by molar-refractivity contribution is 5.69. The molecule has 6 unspecified atom stereocenters. The van der Waals surface area contributed by atoms with Crippen molar-refractivity contribution in [3.05, 3.63) is 0 Å². The highest BCUT2D eigenvalue weighted by atomic mass is 16.6. The van der Waals surface area contributed by atoms with Crippen LogP contribution in [0.2, 0.25) is 0 Å². The minimum Gasteiger partial charge on any atom is -0.459 e. The highest BCUT2D eigenvalue weighted by Crippen LogP contribution is 2.78. The second-order valence-corrected chi connectivity index (χ2v) is 7.17. The van der Waals surface area contributed by atoms with Crippen molar-refractivity contribution in [3.8, 4) is 0 Å². The van der Waals surface area contributed by atoms with Gasteiger partial charge in [0.05, 0.1) is 0 Å². The molecule has 2 nitrogen and oxygen atoms in total. The third-order valence-corrected chi connectivity index (χ3v) is 6.68. The fourth-order valence-corrected chi connectivity index (χ4v) is 6.06. The maximum Gasteiger partial charge on any atom is 0.306 e. The summed E-state index contributed by atoms with van der Waals surface area (Å²) in [5, 5.41) is 0. The summed E-state index contributed by atoms with van der Waals surface area (Å²) < 4.78 is 5.92. The lowest BCUT2D eigenvalue weighted by molar-refractivity contribution is -0.179. The van der Waals surface area contributed by atoms with Crippen LogP contribution >= 0.6 is 0 Å². The Hall–Kier alpha value is -0.530. The molecule has 0 aromatic carbocycles. The van der Waals surface area contributed by atoms with Crippen molar-refractivity contribution in [1.29, 1.82) is 0 Å². The molecule has 4 saturated carbocycles. The first-order valence-electron chi connectivity index (χ1n) is 7.30. The van der Waals surface area contributed by atoms with Gasteiger partial charge in [-0.15, -0.1) is 0 Å². The number of hydrogen-bond donors (Lipinski definition) is 0. The van der Waals surface area contributed by atoms with Crippen LogP contribution in [0.1, 0.15) is 52.4 Å². The van der Waals surface area contributed by atoms with Gasteiger partial charge in [0.2, 0.25) is 0 Å². The second kappa shape index (κ2) is 2.89. The van der Waals surface area contributed by atoms with Crippen molar-refractivity contribution in [1.82, 2.24) is 0 Å².